The topological polar surface area (TPSA) is 47.4 Å². The molecule has 0 bridgehead atoms. The van der Waals surface area contributed by atoms with Gasteiger partial charge in [-0.15, -0.1) is 0 Å². The molecule has 30 heavy (non-hydrogen) atoms. The largest absolute Gasteiger partial charge is 0.497 e. The van der Waals surface area contributed by atoms with Gasteiger partial charge in [0.25, 0.3) is 5.91 Å². The molecule has 3 aromatic rings. The summed E-state index contributed by atoms with van der Waals surface area (Å²) in [5.41, 5.74) is 3.74. The number of hydrogen-bond acceptors (Lipinski definition) is 3. The SMILES string of the molecule is COc1ccc(-c2ncc3n2CN(C(=O)C2=CC=CCC2)c2ccccc2-3)c(F)c1. The van der Waals surface area contributed by atoms with E-state index in [-0.39, 0.29) is 12.6 Å². The molecule has 0 radical (unpaired) electrons. The third kappa shape index (κ3) is 2.92. The van der Waals surface area contributed by atoms with E-state index in [1.54, 1.807) is 23.2 Å². The van der Waals surface area contributed by atoms with Crippen LogP contribution >= 0.6 is 0 Å². The highest BCUT2D eigenvalue weighted by Gasteiger charge is 2.30. The quantitative estimate of drug-likeness (QED) is 0.624. The summed E-state index contributed by atoms with van der Waals surface area (Å²) in [6.07, 6.45) is 9.16. The lowest BCUT2D eigenvalue weighted by Crippen LogP contribution is -2.37. The van der Waals surface area contributed by atoms with Gasteiger partial charge in [0.1, 0.15) is 24.1 Å². The van der Waals surface area contributed by atoms with Gasteiger partial charge >= 0.3 is 0 Å². The highest BCUT2D eigenvalue weighted by atomic mass is 19.1. The van der Waals surface area contributed by atoms with E-state index in [0.717, 1.165) is 28.9 Å². The van der Waals surface area contributed by atoms with E-state index >= 15 is 0 Å². The Balaban J connectivity index is 1.62. The maximum atomic E-state index is 14.8. The number of halogens is 1. The van der Waals surface area contributed by atoms with E-state index in [1.807, 2.05) is 41.0 Å². The predicted octanol–water partition coefficient (Wildman–Crippen LogP) is 4.95. The van der Waals surface area contributed by atoms with Crippen LogP contribution in [0.25, 0.3) is 22.6 Å². The summed E-state index contributed by atoms with van der Waals surface area (Å²) in [5, 5.41) is 0. The summed E-state index contributed by atoms with van der Waals surface area (Å²) in [5.74, 6) is 0.475. The molecular weight excluding hydrogens is 381 g/mol. The average Bonchev–Trinajstić information content (AvgIpc) is 3.22. The van der Waals surface area contributed by atoms with Crippen molar-refractivity contribution in [3.05, 3.63) is 78.3 Å². The Labute approximate surface area is 173 Å². The summed E-state index contributed by atoms with van der Waals surface area (Å²) in [6, 6.07) is 12.5. The van der Waals surface area contributed by atoms with Gasteiger partial charge < -0.3 is 9.30 Å². The average molecular weight is 401 g/mol. The number of carbonyl (C=O) groups excluding carboxylic acids is 1. The Kier molecular flexibility index (Phi) is 4.47. The molecule has 6 heteroatoms. The molecule has 0 spiro atoms. The lowest BCUT2D eigenvalue weighted by Gasteiger charge is -2.32. The second-order valence-electron chi connectivity index (χ2n) is 7.29. The maximum absolute atomic E-state index is 14.8. The number of fused-ring (bicyclic) bond motifs is 3. The highest BCUT2D eigenvalue weighted by Crippen LogP contribution is 2.39. The normalized spacial score (nSPS) is 14.7. The maximum Gasteiger partial charge on any atom is 0.255 e. The van der Waals surface area contributed by atoms with Gasteiger partial charge in [0.15, 0.2) is 0 Å². The molecule has 2 aliphatic rings. The number of nitrogens with zero attached hydrogens (tertiary/aromatic N) is 3. The van der Waals surface area contributed by atoms with Gasteiger partial charge in [0.2, 0.25) is 0 Å². The van der Waals surface area contributed by atoms with E-state index in [0.29, 0.717) is 23.6 Å². The number of imidazole rings is 1. The fraction of sp³-hybridized carbons (Fsp3) is 0.167. The minimum atomic E-state index is -0.417. The number of aromatic nitrogens is 2. The molecule has 5 nitrogen and oxygen atoms in total. The zero-order valence-electron chi connectivity index (χ0n) is 16.5. The number of rotatable bonds is 3. The van der Waals surface area contributed by atoms with Gasteiger partial charge in [-0.25, -0.2) is 9.37 Å². The second kappa shape index (κ2) is 7.30. The van der Waals surface area contributed by atoms with E-state index < -0.39 is 5.82 Å². The molecular formula is C24H20FN3O2. The molecule has 1 aliphatic heterocycles. The van der Waals surface area contributed by atoms with Crippen molar-refractivity contribution >= 4 is 11.6 Å². The Hall–Kier alpha value is -3.67. The number of hydrogen-bond donors (Lipinski definition) is 0. The number of carbonyl (C=O) groups is 1. The molecule has 5 rings (SSSR count). The Morgan fingerprint density at radius 3 is 2.80 bits per heavy atom. The van der Waals surface area contributed by atoms with Crippen molar-refractivity contribution in [1.82, 2.24) is 9.55 Å². The van der Waals surface area contributed by atoms with Gasteiger partial charge in [-0.1, -0.05) is 36.4 Å². The lowest BCUT2D eigenvalue weighted by molar-refractivity contribution is -0.115. The molecule has 1 aromatic heterocycles. The predicted molar refractivity (Wildman–Crippen MR) is 114 cm³/mol. The van der Waals surface area contributed by atoms with Crippen LogP contribution in [0.3, 0.4) is 0 Å². The van der Waals surface area contributed by atoms with Crippen LogP contribution in [-0.2, 0) is 11.5 Å². The summed E-state index contributed by atoms with van der Waals surface area (Å²) in [7, 11) is 1.50. The van der Waals surface area contributed by atoms with Gasteiger partial charge in [-0.3, -0.25) is 9.69 Å². The molecule has 0 saturated heterocycles. The van der Waals surface area contributed by atoms with Gasteiger partial charge in [0.05, 0.1) is 30.3 Å². The fourth-order valence-corrected chi connectivity index (χ4v) is 4.02. The molecule has 1 aliphatic carbocycles. The van der Waals surface area contributed by atoms with Gasteiger partial charge in [-0.05, 0) is 31.0 Å². The number of anilines is 1. The van der Waals surface area contributed by atoms with Crippen molar-refractivity contribution in [3.63, 3.8) is 0 Å². The zero-order chi connectivity index (χ0) is 20.7. The van der Waals surface area contributed by atoms with Crippen LogP contribution < -0.4 is 9.64 Å². The number of amides is 1. The first-order valence-electron chi connectivity index (χ1n) is 9.84. The van der Waals surface area contributed by atoms with Crippen molar-refractivity contribution in [2.75, 3.05) is 12.0 Å². The molecule has 0 unspecified atom stereocenters. The summed E-state index contributed by atoms with van der Waals surface area (Å²) in [4.78, 5) is 19.6. The fourth-order valence-electron chi connectivity index (χ4n) is 4.02. The molecule has 0 fully saturated rings. The Morgan fingerprint density at radius 1 is 1.17 bits per heavy atom. The van der Waals surface area contributed by atoms with Crippen LogP contribution in [0.15, 0.2) is 72.5 Å². The standard InChI is InChI=1S/C24H20FN3O2/c1-30-17-11-12-18(20(25)13-17)23-26-14-22-19-9-5-6-10-21(19)28(15-27(22)23)24(29)16-7-3-2-4-8-16/h2-3,5-7,9-14H,4,8,15H2,1H3. The summed E-state index contributed by atoms with van der Waals surface area (Å²) < 4.78 is 21.8. The van der Waals surface area contributed by atoms with Crippen molar-refractivity contribution in [2.45, 2.75) is 19.5 Å². The number of para-hydroxylation sites is 1. The van der Waals surface area contributed by atoms with Crippen LogP contribution in [0.2, 0.25) is 0 Å². The number of ether oxygens (including phenoxy) is 1. The first-order chi connectivity index (χ1) is 14.7. The van der Waals surface area contributed by atoms with Crippen molar-refractivity contribution < 1.29 is 13.9 Å². The molecule has 0 atom stereocenters. The van der Waals surface area contributed by atoms with Crippen molar-refractivity contribution in [3.8, 4) is 28.4 Å². The first-order valence-corrected chi connectivity index (χ1v) is 9.84. The van der Waals surface area contributed by atoms with E-state index in [2.05, 4.69) is 11.1 Å². The summed E-state index contributed by atoms with van der Waals surface area (Å²) in [6.45, 7) is 0.271. The smallest absolute Gasteiger partial charge is 0.255 e. The number of methoxy groups -OCH3 is 1. The number of allylic oxidation sites excluding steroid dienone is 3. The van der Waals surface area contributed by atoms with Crippen LogP contribution in [0.5, 0.6) is 5.75 Å². The van der Waals surface area contributed by atoms with Crippen molar-refractivity contribution in [1.29, 1.82) is 0 Å². The zero-order valence-corrected chi connectivity index (χ0v) is 16.5. The second-order valence-corrected chi connectivity index (χ2v) is 7.29. The van der Waals surface area contributed by atoms with E-state index in [1.165, 1.54) is 13.2 Å². The molecule has 1 amide bonds. The minimum Gasteiger partial charge on any atom is -0.497 e. The van der Waals surface area contributed by atoms with Crippen LogP contribution in [0.4, 0.5) is 10.1 Å². The minimum absolute atomic E-state index is 0.0349. The third-order valence-corrected chi connectivity index (χ3v) is 5.56. The Morgan fingerprint density at radius 2 is 2.03 bits per heavy atom. The van der Waals surface area contributed by atoms with Crippen molar-refractivity contribution in [2.24, 2.45) is 0 Å². The Bertz CT molecular complexity index is 1210. The molecule has 2 aromatic carbocycles. The summed E-state index contributed by atoms with van der Waals surface area (Å²) >= 11 is 0. The van der Waals surface area contributed by atoms with E-state index in [9.17, 15) is 9.18 Å². The molecule has 0 saturated carbocycles. The van der Waals surface area contributed by atoms with Gasteiger partial charge in [-0.2, -0.15) is 0 Å². The highest BCUT2D eigenvalue weighted by molar-refractivity contribution is 6.08. The van der Waals surface area contributed by atoms with Gasteiger partial charge in [0, 0.05) is 17.2 Å². The van der Waals surface area contributed by atoms with E-state index in [4.69, 9.17) is 4.74 Å². The molecule has 150 valence electrons. The lowest BCUT2D eigenvalue weighted by atomic mass is 10.0. The third-order valence-electron chi connectivity index (χ3n) is 5.56. The molecule has 0 N–H and O–H groups in total. The van der Waals surface area contributed by atoms with Crippen LogP contribution in [0.1, 0.15) is 12.8 Å². The number of benzene rings is 2. The monoisotopic (exact) mass is 401 g/mol. The van der Waals surface area contributed by atoms with Crippen LogP contribution in [0, 0.1) is 5.82 Å². The van der Waals surface area contributed by atoms with Crippen LogP contribution in [-0.4, -0.2) is 22.6 Å². The molecule has 2 heterocycles. The first kappa shape index (κ1) is 18.4.